The predicted octanol–water partition coefficient (Wildman–Crippen LogP) is 5.55. The van der Waals surface area contributed by atoms with Crippen LogP contribution in [0.5, 0.6) is 0 Å². The molecule has 32 heavy (non-hydrogen) atoms. The average molecular weight is 468 g/mol. The molecule has 1 aromatic carbocycles. The average Bonchev–Trinajstić information content (AvgIpc) is 2.62. The van der Waals surface area contributed by atoms with Crippen molar-refractivity contribution in [3.8, 4) is 0 Å². The van der Waals surface area contributed by atoms with Crippen LogP contribution in [-0.2, 0) is 24.3 Å². The lowest BCUT2D eigenvalue weighted by Gasteiger charge is -2.31. The van der Waals surface area contributed by atoms with E-state index in [1.54, 1.807) is 53.7 Å². The van der Waals surface area contributed by atoms with Crippen LogP contribution in [0.15, 0.2) is 35.2 Å². The third kappa shape index (κ3) is 8.65. The van der Waals surface area contributed by atoms with Gasteiger partial charge in [-0.2, -0.15) is 4.31 Å². The number of nitrogens with zero attached hydrogens (tertiary/aromatic N) is 1. The van der Waals surface area contributed by atoms with Gasteiger partial charge in [0.1, 0.15) is 17.2 Å². The van der Waals surface area contributed by atoms with E-state index in [4.69, 9.17) is 9.47 Å². The first-order valence-electron chi connectivity index (χ1n) is 10.9. The minimum absolute atomic E-state index is 0.121. The molecule has 0 unspecified atom stereocenters. The first-order valence-corrected chi connectivity index (χ1v) is 12.3. The molecule has 0 spiro atoms. The summed E-state index contributed by atoms with van der Waals surface area (Å²) in [5.41, 5.74) is -0.962. The van der Waals surface area contributed by atoms with Crippen molar-refractivity contribution in [3.05, 3.63) is 35.9 Å². The normalized spacial score (nSPS) is 13.6. The van der Waals surface area contributed by atoms with Gasteiger partial charge in [0.15, 0.2) is 0 Å². The molecule has 0 aromatic heterocycles. The number of esters is 1. The topological polar surface area (TPSA) is 90.0 Å². The summed E-state index contributed by atoms with van der Waals surface area (Å²) in [4.78, 5) is 25.4. The molecule has 0 fully saturated rings. The Morgan fingerprint density at radius 2 is 1.53 bits per heavy atom. The summed E-state index contributed by atoms with van der Waals surface area (Å²) in [6.45, 7) is 13.3. The molecule has 7 nitrogen and oxygen atoms in total. The second-order valence-corrected chi connectivity index (χ2v) is 11.4. The van der Waals surface area contributed by atoms with E-state index in [1.807, 2.05) is 12.2 Å². The SMILES string of the molecule is CCCC/C=C/c1ccc(S(=O)(=O)N(C(=O)OC(C)(C)C)[C@H](C)C(=O)OC(C)(C)C)cc1. The Morgan fingerprint density at radius 1 is 1.00 bits per heavy atom. The highest BCUT2D eigenvalue weighted by atomic mass is 32.2. The fourth-order valence-corrected chi connectivity index (χ4v) is 4.10. The summed E-state index contributed by atoms with van der Waals surface area (Å²) in [7, 11) is -4.38. The molecule has 1 aromatic rings. The van der Waals surface area contributed by atoms with Gasteiger partial charge >= 0.3 is 12.1 Å². The number of sulfonamides is 1. The van der Waals surface area contributed by atoms with E-state index in [0.29, 0.717) is 4.31 Å². The first kappa shape index (κ1) is 27.7. The van der Waals surface area contributed by atoms with Gasteiger partial charge in [-0.25, -0.2) is 18.0 Å². The van der Waals surface area contributed by atoms with Crippen LogP contribution in [-0.4, -0.2) is 42.0 Å². The third-order valence-electron chi connectivity index (χ3n) is 4.14. The highest BCUT2D eigenvalue weighted by Crippen LogP contribution is 2.24. The number of amides is 1. The van der Waals surface area contributed by atoms with Crippen LogP contribution in [0.4, 0.5) is 4.79 Å². The van der Waals surface area contributed by atoms with Gasteiger partial charge in [-0.1, -0.05) is 44.1 Å². The van der Waals surface area contributed by atoms with Gasteiger partial charge in [0.25, 0.3) is 10.0 Å². The van der Waals surface area contributed by atoms with Gasteiger partial charge in [0.05, 0.1) is 4.90 Å². The van der Waals surface area contributed by atoms with Crippen LogP contribution < -0.4 is 0 Å². The van der Waals surface area contributed by atoms with E-state index in [9.17, 15) is 18.0 Å². The molecule has 0 aliphatic heterocycles. The van der Waals surface area contributed by atoms with Crippen molar-refractivity contribution < 1.29 is 27.5 Å². The van der Waals surface area contributed by atoms with E-state index < -0.39 is 39.3 Å². The lowest BCUT2D eigenvalue weighted by Crippen LogP contribution is -2.50. The van der Waals surface area contributed by atoms with Crippen molar-refractivity contribution in [2.24, 2.45) is 0 Å². The van der Waals surface area contributed by atoms with Gasteiger partial charge in [-0.15, -0.1) is 0 Å². The Balaban J connectivity index is 3.30. The van der Waals surface area contributed by atoms with Crippen LogP contribution in [0.2, 0.25) is 0 Å². The standard InChI is InChI=1S/C24H37NO6S/c1-9-10-11-12-13-19-14-16-20(17-15-19)32(28,29)25(22(27)31-24(6,7)8)18(2)21(26)30-23(3,4)5/h12-18H,9-11H2,1-8H3/b13-12+/t18-/m1/s1. The Morgan fingerprint density at radius 3 is 2.00 bits per heavy atom. The third-order valence-corrected chi connectivity index (χ3v) is 6.00. The van der Waals surface area contributed by atoms with Gasteiger partial charge in [0.2, 0.25) is 0 Å². The molecular weight excluding hydrogens is 430 g/mol. The summed E-state index contributed by atoms with van der Waals surface area (Å²) in [6.07, 6.45) is 5.93. The Bertz CT molecular complexity index is 905. The smallest absolute Gasteiger partial charge is 0.425 e. The molecular formula is C24H37NO6S. The number of unbranched alkanes of at least 4 members (excludes halogenated alkanes) is 2. The molecule has 0 N–H and O–H groups in total. The minimum Gasteiger partial charge on any atom is -0.458 e. The number of carbonyl (C=O) groups is 2. The van der Waals surface area contributed by atoms with E-state index in [1.165, 1.54) is 19.1 Å². The maximum absolute atomic E-state index is 13.4. The lowest BCUT2D eigenvalue weighted by atomic mass is 10.2. The zero-order chi connectivity index (χ0) is 24.7. The van der Waals surface area contributed by atoms with Crippen molar-refractivity contribution in [2.45, 2.75) is 96.8 Å². The summed E-state index contributed by atoms with van der Waals surface area (Å²) < 4.78 is 37.8. The molecule has 0 aliphatic rings. The largest absolute Gasteiger partial charge is 0.458 e. The molecule has 180 valence electrons. The number of hydrogen-bond donors (Lipinski definition) is 0. The Kier molecular flexibility index (Phi) is 9.50. The van der Waals surface area contributed by atoms with Gasteiger partial charge < -0.3 is 9.47 Å². The van der Waals surface area contributed by atoms with Crippen LogP contribution in [0, 0.1) is 0 Å². The fraction of sp³-hybridized carbons (Fsp3) is 0.583. The fourth-order valence-electron chi connectivity index (χ4n) is 2.66. The maximum Gasteiger partial charge on any atom is 0.425 e. The van der Waals surface area contributed by atoms with Crippen molar-refractivity contribution in [1.29, 1.82) is 0 Å². The van der Waals surface area contributed by atoms with Gasteiger partial charge in [-0.05, 0) is 72.6 Å². The zero-order valence-corrected chi connectivity index (χ0v) is 21.3. The molecule has 0 saturated carbocycles. The number of carbonyl (C=O) groups excluding carboxylic acids is 2. The highest BCUT2D eigenvalue weighted by molar-refractivity contribution is 7.89. The van der Waals surface area contributed by atoms with E-state index >= 15 is 0 Å². The van der Waals surface area contributed by atoms with Crippen molar-refractivity contribution in [3.63, 3.8) is 0 Å². The van der Waals surface area contributed by atoms with E-state index in [0.717, 1.165) is 24.8 Å². The monoisotopic (exact) mass is 467 g/mol. The summed E-state index contributed by atoms with van der Waals surface area (Å²) in [6, 6.07) is 4.71. The predicted molar refractivity (Wildman–Crippen MR) is 126 cm³/mol. The number of rotatable bonds is 8. The summed E-state index contributed by atoms with van der Waals surface area (Å²) >= 11 is 0. The minimum atomic E-state index is -4.38. The molecule has 1 amide bonds. The molecule has 0 aliphatic carbocycles. The molecule has 0 saturated heterocycles. The molecule has 1 rings (SSSR count). The number of hydrogen-bond acceptors (Lipinski definition) is 6. The second-order valence-electron chi connectivity index (χ2n) is 9.60. The molecule has 8 heteroatoms. The number of ether oxygens (including phenoxy) is 2. The van der Waals surface area contributed by atoms with Crippen LogP contribution in [0.1, 0.15) is 80.2 Å². The highest BCUT2D eigenvalue weighted by Gasteiger charge is 2.41. The molecule has 1 atom stereocenters. The summed E-state index contributed by atoms with van der Waals surface area (Å²) in [5, 5.41) is 0. The van der Waals surface area contributed by atoms with E-state index in [2.05, 4.69) is 6.92 Å². The Labute approximate surface area is 192 Å². The lowest BCUT2D eigenvalue weighted by molar-refractivity contribution is -0.158. The van der Waals surface area contributed by atoms with Crippen LogP contribution >= 0.6 is 0 Å². The van der Waals surface area contributed by atoms with Gasteiger partial charge in [-0.3, -0.25) is 0 Å². The van der Waals surface area contributed by atoms with Crippen molar-refractivity contribution in [1.82, 2.24) is 4.31 Å². The molecule has 0 radical (unpaired) electrons. The second kappa shape index (κ2) is 11.0. The first-order chi connectivity index (χ1) is 14.6. The Hall–Kier alpha value is -2.35. The zero-order valence-electron chi connectivity index (χ0n) is 20.5. The summed E-state index contributed by atoms with van der Waals surface area (Å²) in [5.74, 6) is -0.845. The van der Waals surface area contributed by atoms with Crippen molar-refractivity contribution >= 4 is 28.2 Å². The van der Waals surface area contributed by atoms with Gasteiger partial charge in [0, 0.05) is 0 Å². The van der Waals surface area contributed by atoms with Crippen LogP contribution in [0.25, 0.3) is 6.08 Å². The molecule has 0 heterocycles. The van der Waals surface area contributed by atoms with E-state index in [-0.39, 0.29) is 4.90 Å². The van der Waals surface area contributed by atoms with Crippen LogP contribution in [0.3, 0.4) is 0 Å². The maximum atomic E-state index is 13.4. The number of allylic oxidation sites excluding steroid dienone is 1. The number of benzene rings is 1. The quantitative estimate of drug-likeness (QED) is 0.368. The van der Waals surface area contributed by atoms with Crippen molar-refractivity contribution in [2.75, 3.05) is 0 Å². The molecule has 0 bridgehead atoms.